The number of cyclic esters (lactones) is 1. The lowest BCUT2D eigenvalue weighted by atomic mass is 9.85. The lowest BCUT2D eigenvalue weighted by molar-refractivity contribution is -0.189. The van der Waals surface area contributed by atoms with Crippen molar-refractivity contribution in [2.45, 2.75) is 58.3 Å². The molecule has 0 aliphatic carbocycles. The standard InChI is InChI=1S/C30H32N6O6.ClH/c1-3-5-6-10-35-16-33-20-8-7-9-21-25(20)27(35)17-14-36-22(26(17)34-21)11-19-18(28(36)39)15-41-29(40)30(19,4-2)42-24(38)13-32-23(37)12-31;/h7-9,11,16H,3-6,10,12-15,31H2,1-2H3,(H,32,37);1H/t30-;/m0./s1. The molecule has 0 spiro atoms. The van der Waals surface area contributed by atoms with Crippen molar-refractivity contribution in [1.82, 2.24) is 14.9 Å². The molecular formula is C30H33ClN6O6. The van der Waals surface area contributed by atoms with Gasteiger partial charge in [0.1, 0.15) is 13.2 Å². The maximum absolute atomic E-state index is 14.0. The van der Waals surface area contributed by atoms with Crippen LogP contribution in [-0.4, -0.2) is 53.4 Å². The van der Waals surface area contributed by atoms with Crippen LogP contribution in [0.1, 0.15) is 56.2 Å². The molecule has 0 saturated heterocycles. The number of esters is 2. The highest BCUT2D eigenvalue weighted by Crippen LogP contribution is 2.47. The van der Waals surface area contributed by atoms with E-state index < -0.39 is 30.0 Å². The average molecular weight is 609 g/mol. The molecule has 6 rings (SSSR count). The van der Waals surface area contributed by atoms with Crippen LogP contribution in [0.15, 0.2) is 34.1 Å². The number of pyridine rings is 2. The summed E-state index contributed by atoms with van der Waals surface area (Å²) < 4.78 is 12.8. The molecule has 13 heteroatoms. The van der Waals surface area contributed by atoms with Gasteiger partial charge in [-0.25, -0.2) is 14.8 Å². The Morgan fingerprint density at radius 3 is 2.74 bits per heavy atom. The van der Waals surface area contributed by atoms with Crippen molar-refractivity contribution in [1.29, 1.82) is 0 Å². The number of anilines is 1. The molecule has 0 fully saturated rings. The third kappa shape index (κ3) is 4.84. The highest BCUT2D eigenvalue weighted by molar-refractivity contribution is 6.11. The molecule has 1 amide bonds. The largest absolute Gasteiger partial charge is 0.457 e. The fraction of sp³-hybridized carbons (Fsp3) is 0.400. The van der Waals surface area contributed by atoms with Gasteiger partial charge in [-0.3, -0.25) is 14.4 Å². The van der Waals surface area contributed by atoms with E-state index in [0.29, 0.717) is 17.9 Å². The number of nitrogens with two attached hydrogens (primary N) is 1. The van der Waals surface area contributed by atoms with Crippen LogP contribution >= 0.6 is 12.4 Å². The molecule has 0 bridgehead atoms. The number of carbonyl (C=O) groups is 3. The Balaban J connectivity index is 0.00000368. The first kappa shape index (κ1) is 30.2. The smallest absolute Gasteiger partial charge is 0.355 e. The molecule has 2 aromatic heterocycles. The minimum Gasteiger partial charge on any atom is -0.457 e. The predicted octanol–water partition coefficient (Wildman–Crippen LogP) is 2.80. The molecule has 0 saturated carbocycles. The number of carbonyl (C=O) groups excluding carboxylic acids is 3. The van der Waals surface area contributed by atoms with Gasteiger partial charge in [-0.2, -0.15) is 0 Å². The quantitative estimate of drug-likeness (QED) is 0.215. The highest BCUT2D eigenvalue weighted by atomic mass is 35.5. The van der Waals surface area contributed by atoms with Crippen LogP contribution in [0.3, 0.4) is 0 Å². The van der Waals surface area contributed by atoms with Gasteiger partial charge in [-0.1, -0.05) is 32.8 Å². The number of halogens is 1. The van der Waals surface area contributed by atoms with E-state index in [4.69, 9.17) is 20.2 Å². The molecule has 12 nitrogen and oxygen atoms in total. The zero-order chi connectivity index (χ0) is 29.6. The zero-order valence-corrected chi connectivity index (χ0v) is 24.8. The van der Waals surface area contributed by atoms with Gasteiger partial charge in [-0.05, 0) is 31.0 Å². The lowest BCUT2D eigenvalue weighted by Gasteiger charge is -2.35. The Hall–Kier alpha value is -4.29. The Kier molecular flexibility index (Phi) is 8.26. The fourth-order valence-electron chi connectivity index (χ4n) is 6.03. The van der Waals surface area contributed by atoms with E-state index >= 15 is 0 Å². The number of amides is 1. The number of fused-ring (bicyclic) bond motifs is 5. The lowest BCUT2D eigenvalue weighted by Crippen LogP contribution is -2.49. The summed E-state index contributed by atoms with van der Waals surface area (Å²) in [6.45, 7) is 3.87. The number of nitrogens with one attached hydrogen (secondary N) is 1. The number of benzene rings is 1. The molecule has 43 heavy (non-hydrogen) atoms. The van der Waals surface area contributed by atoms with Crippen LogP contribution in [0.4, 0.5) is 11.4 Å². The van der Waals surface area contributed by atoms with Crippen molar-refractivity contribution in [3.63, 3.8) is 0 Å². The molecular weight excluding hydrogens is 576 g/mol. The summed E-state index contributed by atoms with van der Waals surface area (Å²) >= 11 is 0. The van der Waals surface area contributed by atoms with Gasteiger partial charge >= 0.3 is 11.9 Å². The van der Waals surface area contributed by atoms with Crippen molar-refractivity contribution in [2.24, 2.45) is 10.7 Å². The first-order valence-corrected chi connectivity index (χ1v) is 14.2. The molecule has 0 radical (unpaired) electrons. The van der Waals surface area contributed by atoms with Gasteiger partial charge in [0.2, 0.25) is 11.5 Å². The van der Waals surface area contributed by atoms with Crippen LogP contribution in [0.5, 0.6) is 0 Å². The number of rotatable bonds is 9. The molecule has 3 N–H and O–H groups in total. The van der Waals surface area contributed by atoms with E-state index in [0.717, 1.165) is 53.6 Å². The number of aliphatic imine (C=N–C) groups is 1. The molecule has 3 aliphatic rings. The van der Waals surface area contributed by atoms with E-state index in [2.05, 4.69) is 22.1 Å². The SMILES string of the molecule is CCCCCN1C=Nc2cccc3nc4c(c1c23)Cn1c-4cc2c(c1=O)COC(=O)[C@@]2(CC)OC(=O)CNC(=O)CN.Cl. The third-order valence-electron chi connectivity index (χ3n) is 8.16. The van der Waals surface area contributed by atoms with Crippen LogP contribution in [0, 0.1) is 0 Å². The monoisotopic (exact) mass is 608 g/mol. The first-order valence-electron chi connectivity index (χ1n) is 14.2. The maximum Gasteiger partial charge on any atom is 0.355 e. The Labute approximate surface area is 253 Å². The highest BCUT2D eigenvalue weighted by Gasteiger charge is 2.50. The van der Waals surface area contributed by atoms with Crippen molar-refractivity contribution in [3.8, 4) is 11.4 Å². The number of unbranched alkanes of at least 4 members (excludes halogenated alkanes) is 2. The second kappa shape index (κ2) is 11.8. The molecule has 3 aromatic rings. The zero-order valence-electron chi connectivity index (χ0n) is 24.0. The summed E-state index contributed by atoms with van der Waals surface area (Å²) in [6, 6.07) is 7.51. The summed E-state index contributed by atoms with van der Waals surface area (Å²) in [4.78, 5) is 63.4. The topological polar surface area (TPSA) is 158 Å². The van der Waals surface area contributed by atoms with Gasteiger partial charge in [-0.15, -0.1) is 12.4 Å². The minimum absolute atomic E-state index is 0. The van der Waals surface area contributed by atoms with E-state index in [1.54, 1.807) is 17.6 Å². The molecule has 5 heterocycles. The Bertz CT molecular complexity index is 1740. The molecule has 0 unspecified atom stereocenters. The van der Waals surface area contributed by atoms with Crippen LogP contribution in [-0.2, 0) is 42.6 Å². The van der Waals surface area contributed by atoms with Gasteiger partial charge < -0.3 is 30.0 Å². The van der Waals surface area contributed by atoms with Gasteiger partial charge in [0.05, 0.1) is 58.7 Å². The van der Waals surface area contributed by atoms with Gasteiger partial charge in [0, 0.05) is 17.7 Å². The summed E-state index contributed by atoms with van der Waals surface area (Å²) in [5, 5.41) is 3.29. The van der Waals surface area contributed by atoms with E-state index in [9.17, 15) is 19.2 Å². The molecule has 1 aromatic carbocycles. The van der Waals surface area contributed by atoms with Crippen LogP contribution in [0.25, 0.3) is 22.3 Å². The van der Waals surface area contributed by atoms with Crippen molar-refractivity contribution in [3.05, 3.63) is 51.3 Å². The first-order chi connectivity index (χ1) is 20.3. The number of hydrogen-bond donors (Lipinski definition) is 2. The minimum atomic E-state index is -1.85. The molecule has 1 atom stereocenters. The number of hydrogen-bond acceptors (Lipinski definition) is 10. The van der Waals surface area contributed by atoms with Crippen LogP contribution in [0.2, 0.25) is 0 Å². The summed E-state index contributed by atoms with van der Waals surface area (Å²) in [6.07, 6.45) is 5.02. The summed E-state index contributed by atoms with van der Waals surface area (Å²) in [7, 11) is 0. The van der Waals surface area contributed by atoms with Gasteiger partial charge in [0.15, 0.2) is 0 Å². The van der Waals surface area contributed by atoms with E-state index in [1.165, 1.54) is 0 Å². The average Bonchev–Trinajstić information content (AvgIpc) is 3.37. The number of nitrogens with zero attached hydrogens (tertiary/aromatic N) is 4. The number of aromatic nitrogens is 2. The second-order valence-electron chi connectivity index (χ2n) is 10.6. The number of ether oxygens (including phenoxy) is 2. The fourth-order valence-corrected chi connectivity index (χ4v) is 6.03. The predicted molar refractivity (Wildman–Crippen MR) is 163 cm³/mol. The van der Waals surface area contributed by atoms with Crippen molar-refractivity contribution in [2.75, 3.05) is 24.5 Å². The molecule has 226 valence electrons. The van der Waals surface area contributed by atoms with E-state index in [-0.39, 0.29) is 48.7 Å². The Morgan fingerprint density at radius 2 is 2.00 bits per heavy atom. The summed E-state index contributed by atoms with van der Waals surface area (Å²) in [5.41, 5.74) is 8.25. The van der Waals surface area contributed by atoms with Crippen molar-refractivity contribution >= 4 is 58.9 Å². The second-order valence-corrected chi connectivity index (χ2v) is 10.6. The summed E-state index contributed by atoms with van der Waals surface area (Å²) in [5.74, 6) is -2.17. The van der Waals surface area contributed by atoms with E-state index in [1.807, 2.05) is 24.5 Å². The van der Waals surface area contributed by atoms with Crippen LogP contribution < -0.4 is 21.5 Å². The maximum atomic E-state index is 14.0. The third-order valence-corrected chi connectivity index (χ3v) is 8.16. The van der Waals surface area contributed by atoms with Gasteiger partial charge in [0.25, 0.3) is 5.56 Å². The Morgan fingerprint density at radius 1 is 1.19 bits per heavy atom. The van der Waals surface area contributed by atoms with Crippen molar-refractivity contribution < 1.29 is 23.9 Å². The molecule has 3 aliphatic heterocycles. The normalized spacial score (nSPS) is 17.5.